The summed E-state index contributed by atoms with van der Waals surface area (Å²) in [5.74, 6) is -3.63. The number of rotatable bonds is 2. The molecule has 0 radical (unpaired) electrons. The van der Waals surface area contributed by atoms with Crippen molar-refractivity contribution >= 4 is 17.4 Å². The second kappa shape index (κ2) is 3.33. The highest BCUT2D eigenvalue weighted by Crippen LogP contribution is 2.27. The fourth-order valence-electron chi connectivity index (χ4n) is 0.508. The Hall–Kier alpha value is -1.11. The topological polar surface area (TPSA) is 56.0 Å². The van der Waals surface area contributed by atoms with Gasteiger partial charge in [0.1, 0.15) is 0 Å². The van der Waals surface area contributed by atoms with E-state index in [1.807, 2.05) is 0 Å². The normalized spacial score (nSPS) is 11.7. The fourth-order valence-corrected chi connectivity index (χ4v) is 0.622. The van der Waals surface area contributed by atoms with E-state index in [1.54, 1.807) is 0 Å². The molecule has 0 aliphatic carbocycles. The van der Waals surface area contributed by atoms with Crippen molar-refractivity contribution in [2.24, 2.45) is 0 Å². The number of ketones is 1. The van der Waals surface area contributed by atoms with Crippen LogP contribution < -0.4 is 0 Å². The van der Waals surface area contributed by atoms with E-state index in [0.717, 1.165) is 0 Å². The zero-order valence-electron chi connectivity index (χ0n) is 5.93. The SMILES string of the molecule is O=C(CCl)c1nnc(C(F)(F)F)o1. The zero-order chi connectivity index (χ0) is 10.1. The highest BCUT2D eigenvalue weighted by Gasteiger charge is 2.38. The monoisotopic (exact) mass is 214 g/mol. The number of hydrogen-bond acceptors (Lipinski definition) is 4. The third kappa shape index (κ3) is 2.18. The summed E-state index contributed by atoms with van der Waals surface area (Å²) < 4.78 is 39.5. The molecule has 0 atom stereocenters. The van der Waals surface area contributed by atoms with E-state index in [4.69, 9.17) is 11.6 Å². The Labute approximate surface area is 74.7 Å². The third-order valence-electron chi connectivity index (χ3n) is 1.03. The number of hydrogen-bond donors (Lipinski definition) is 0. The van der Waals surface area contributed by atoms with Crippen LogP contribution in [-0.4, -0.2) is 21.9 Å². The Morgan fingerprint density at radius 3 is 2.46 bits per heavy atom. The van der Waals surface area contributed by atoms with Crippen molar-refractivity contribution in [3.05, 3.63) is 11.8 Å². The van der Waals surface area contributed by atoms with E-state index in [2.05, 4.69) is 14.6 Å². The van der Waals surface area contributed by atoms with Crippen molar-refractivity contribution in [2.45, 2.75) is 6.18 Å². The summed E-state index contributed by atoms with van der Waals surface area (Å²) in [6, 6.07) is 0. The minimum atomic E-state index is -4.74. The summed E-state index contributed by atoms with van der Waals surface area (Å²) in [6.45, 7) is 0. The van der Waals surface area contributed by atoms with Gasteiger partial charge in [0.2, 0.25) is 5.78 Å². The number of carbonyl (C=O) groups is 1. The molecule has 0 aliphatic rings. The number of halogens is 4. The summed E-state index contributed by atoms with van der Waals surface area (Å²) in [7, 11) is 0. The van der Waals surface area contributed by atoms with Crippen LogP contribution in [0.2, 0.25) is 0 Å². The van der Waals surface area contributed by atoms with Gasteiger partial charge in [-0.15, -0.1) is 21.8 Å². The lowest BCUT2D eigenvalue weighted by atomic mass is 10.5. The van der Waals surface area contributed by atoms with E-state index < -0.39 is 29.6 Å². The van der Waals surface area contributed by atoms with Crippen molar-refractivity contribution < 1.29 is 22.4 Å². The van der Waals surface area contributed by atoms with Gasteiger partial charge >= 0.3 is 12.1 Å². The number of aromatic nitrogens is 2. The second-order valence-electron chi connectivity index (χ2n) is 1.97. The molecular weight excluding hydrogens is 213 g/mol. The van der Waals surface area contributed by atoms with Crippen LogP contribution in [0.25, 0.3) is 0 Å². The number of carbonyl (C=O) groups excluding carboxylic acids is 1. The highest BCUT2D eigenvalue weighted by atomic mass is 35.5. The van der Waals surface area contributed by atoms with Gasteiger partial charge in [0.15, 0.2) is 0 Å². The van der Waals surface area contributed by atoms with E-state index in [9.17, 15) is 18.0 Å². The van der Waals surface area contributed by atoms with Crippen molar-refractivity contribution in [3.63, 3.8) is 0 Å². The standard InChI is InChI=1S/C5H2ClF3N2O2/c6-1-2(12)3-10-11-4(13-3)5(7,8)9/h1H2. The first-order valence-corrected chi connectivity index (χ1v) is 3.48. The highest BCUT2D eigenvalue weighted by molar-refractivity contribution is 6.29. The summed E-state index contributed by atoms with van der Waals surface area (Å²) in [4.78, 5) is 10.7. The predicted molar refractivity (Wildman–Crippen MR) is 34.4 cm³/mol. The molecule has 0 fully saturated rings. The molecule has 0 saturated heterocycles. The second-order valence-corrected chi connectivity index (χ2v) is 2.23. The summed E-state index contributed by atoms with van der Waals surface area (Å²) in [5, 5.41) is 5.52. The number of alkyl halides is 4. The smallest absolute Gasteiger partial charge is 0.410 e. The van der Waals surface area contributed by atoms with Gasteiger partial charge in [-0.2, -0.15) is 13.2 Å². The van der Waals surface area contributed by atoms with Gasteiger partial charge < -0.3 is 4.42 Å². The Bertz CT molecular complexity index is 322. The first-order valence-electron chi connectivity index (χ1n) is 2.95. The molecular formula is C5H2ClF3N2O2. The van der Waals surface area contributed by atoms with Crippen LogP contribution in [0, 0.1) is 0 Å². The first-order chi connectivity index (χ1) is 5.95. The largest absolute Gasteiger partial charge is 0.470 e. The third-order valence-corrected chi connectivity index (χ3v) is 1.27. The number of nitrogens with zero attached hydrogens (tertiary/aromatic N) is 2. The molecule has 1 aromatic heterocycles. The maximum absolute atomic E-state index is 11.8. The summed E-state index contributed by atoms with van der Waals surface area (Å²) >= 11 is 5.05. The molecule has 1 heterocycles. The average molecular weight is 215 g/mol. The van der Waals surface area contributed by atoms with Crippen LogP contribution in [0.15, 0.2) is 4.42 Å². The van der Waals surface area contributed by atoms with Crippen molar-refractivity contribution in [3.8, 4) is 0 Å². The zero-order valence-corrected chi connectivity index (χ0v) is 6.69. The van der Waals surface area contributed by atoms with Gasteiger partial charge in [0.25, 0.3) is 5.89 Å². The van der Waals surface area contributed by atoms with Crippen LogP contribution in [0.3, 0.4) is 0 Å². The molecule has 72 valence electrons. The molecule has 0 unspecified atom stereocenters. The fraction of sp³-hybridized carbons (Fsp3) is 0.400. The van der Waals surface area contributed by atoms with Gasteiger partial charge in [-0.05, 0) is 0 Å². The molecule has 0 aliphatic heterocycles. The minimum absolute atomic E-state index is 0.501. The summed E-state index contributed by atoms with van der Waals surface area (Å²) in [5.41, 5.74) is 0. The van der Waals surface area contributed by atoms with Gasteiger partial charge in [-0.3, -0.25) is 4.79 Å². The van der Waals surface area contributed by atoms with Gasteiger partial charge in [0.05, 0.1) is 5.88 Å². The molecule has 0 aromatic carbocycles. The van der Waals surface area contributed by atoms with E-state index in [1.165, 1.54) is 0 Å². The summed E-state index contributed by atoms with van der Waals surface area (Å²) in [6.07, 6.45) is -4.74. The van der Waals surface area contributed by atoms with E-state index in [0.29, 0.717) is 0 Å². The van der Waals surface area contributed by atoms with Gasteiger partial charge in [-0.25, -0.2) is 0 Å². The maximum atomic E-state index is 11.8. The molecule has 0 bridgehead atoms. The van der Waals surface area contributed by atoms with E-state index >= 15 is 0 Å². The lowest BCUT2D eigenvalue weighted by molar-refractivity contribution is -0.157. The lowest BCUT2D eigenvalue weighted by Gasteiger charge is -1.96. The van der Waals surface area contributed by atoms with E-state index in [-0.39, 0.29) is 0 Å². The van der Waals surface area contributed by atoms with Crippen LogP contribution in [0.1, 0.15) is 16.6 Å². The molecule has 0 N–H and O–H groups in total. The van der Waals surface area contributed by atoms with Crippen LogP contribution in [0.5, 0.6) is 0 Å². The predicted octanol–water partition coefficient (Wildman–Crippen LogP) is 1.51. The molecule has 13 heavy (non-hydrogen) atoms. The molecule has 0 amide bonds. The quantitative estimate of drug-likeness (QED) is 0.553. The first kappa shape index (κ1) is 9.97. The van der Waals surface area contributed by atoms with Gasteiger partial charge in [-0.1, -0.05) is 0 Å². The van der Waals surface area contributed by atoms with Crippen molar-refractivity contribution in [1.82, 2.24) is 10.2 Å². The molecule has 0 saturated carbocycles. The van der Waals surface area contributed by atoms with Crippen molar-refractivity contribution in [2.75, 3.05) is 5.88 Å². The molecule has 1 rings (SSSR count). The van der Waals surface area contributed by atoms with Crippen LogP contribution >= 0.6 is 11.6 Å². The molecule has 8 heteroatoms. The van der Waals surface area contributed by atoms with Crippen LogP contribution in [0.4, 0.5) is 13.2 Å². The average Bonchev–Trinajstić information content (AvgIpc) is 2.50. The molecule has 4 nitrogen and oxygen atoms in total. The number of Topliss-reactive ketones (excluding diaryl/α,β-unsaturated/α-hetero) is 1. The van der Waals surface area contributed by atoms with Crippen molar-refractivity contribution in [1.29, 1.82) is 0 Å². The molecule has 0 spiro atoms. The Balaban J connectivity index is 2.93. The Kier molecular flexibility index (Phi) is 2.55. The molecule has 1 aromatic rings. The van der Waals surface area contributed by atoms with Crippen LogP contribution in [-0.2, 0) is 6.18 Å². The van der Waals surface area contributed by atoms with Gasteiger partial charge in [0, 0.05) is 0 Å². The minimum Gasteiger partial charge on any atom is -0.410 e. The Morgan fingerprint density at radius 2 is 2.08 bits per heavy atom. The maximum Gasteiger partial charge on any atom is 0.470 e. The Morgan fingerprint density at radius 1 is 1.46 bits per heavy atom. The lowest BCUT2D eigenvalue weighted by Crippen LogP contribution is -2.05.